The molecule has 3 N–H and O–H groups in total. The van der Waals surface area contributed by atoms with Crippen LogP contribution in [0.5, 0.6) is 0 Å². The second kappa shape index (κ2) is 3.54. The van der Waals surface area contributed by atoms with Gasteiger partial charge in [-0.2, -0.15) is 0 Å². The van der Waals surface area contributed by atoms with E-state index in [9.17, 15) is 10.2 Å². The van der Waals surface area contributed by atoms with E-state index < -0.39 is 24.3 Å². The maximum absolute atomic E-state index is 9.24. The number of ether oxygens (including phenoxy) is 1. The van der Waals surface area contributed by atoms with Crippen LogP contribution in [0.2, 0.25) is 6.82 Å². The zero-order valence-electron chi connectivity index (χ0n) is 6.34. The summed E-state index contributed by atoms with van der Waals surface area (Å²) in [6, 6.07) is -0.456. The van der Waals surface area contributed by atoms with E-state index in [4.69, 9.17) is 9.84 Å². The molecule has 0 aromatic heterocycles. The van der Waals surface area contributed by atoms with Crippen molar-refractivity contribution >= 4 is 7.28 Å². The lowest BCUT2D eigenvalue weighted by Gasteiger charge is -2.10. The van der Waals surface area contributed by atoms with Gasteiger partial charge in [0, 0.05) is 0 Å². The van der Waals surface area contributed by atoms with Crippen molar-refractivity contribution in [2.45, 2.75) is 31.1 Å². The lowest BCUT2D eigenvalue weighted by Crippen LogP contribution is -2.35. The van der Waals surface area contributed by atoms with E-state index in [0.29, 0.717) is 0 Å². The molecule has 0 bridgehead atoms. The van der Waals surface area contributed by atoms with Crippen LogP contribution in [0.4, 0.5) is 0 Å². The molecule has 0 amide bonds. The molecule has 1 aliphatic heterocycles. The molecule has 5 heteroatoms. The van der Waals surface area contributed by atoms with E-state index in [0.717, 1.165) is 0 Å². The maximum Gasteiger partial charge on any atom is 0.149 e. The maximum atomic E-state index is 9.24. The summed E-state index contributed by atoms with van der Waals surface area (Å²) in [5.74, 6) is 0. The van der Waals surface area contributed by atoms with Gasteiger partial charge in [-0.1, -0.05) is 6.82 Å². The summed E-state index contributed by atoms with van der Waals surface area (Å²) in [6.07, 6.45) is -2.52. The Kier molecular flexibility index (Phi) is 2.89. The molecule has 0 saturated carbocycles. The van der Waals surface area contributed by atoms with Gasteiger partial charge in [0.1, 0.15) is 25.6 Å². The third-order valence-corrected chi connectivity index (χ3v) is 1.91. The molecule has 11 heavy (non-hydrogen) atoms. The second-order valence-electron chi connectivity index (χ2n) is 2.64. The summed E-state index contributed by atoms with van der Waals surface area (Å²) in [5, 5.41) is 27.1. The van der Waals surface area contributed by atoms with Crippen molar-refractivity contribution in [1.29, 1.82) is 0 Å². The Labute approximate surface area is 66.0 Å². The quantitative estimate of drug-likeness (QED) is 0.415. The smallest absolute Gasteiger partial charge is 0.149 e. The minimum atomic E-state index is -0.971. The Morgan fingerprint density at radius 1 is 1.36 bits per heavy atom. The summed E-state index contributed by atoms with van der Waals surface area (Å²) < 4.78 is 5.08. The molecule has 0 aliphatic carbocycles. The second-order valence-corrected chi connectivity index (χ2v) is 2.64. The predicted molar refractivity (Wildman–Crippen MR) is 39.4 cm³/mol. The van der Waals surface area contributed by atoms with Crippen molar-refractivity contribution in [3.8, 4) is 0 Å². The molecule has 0 aromatic carbocycles. The van der Waals surface area contributed by atoms with E-state index in [2.05, 4.69) is 0 Å². The fraction of sp³-hybridized carbons (Fsp3) is 1.00. The van der Waals surface area contributed by atoms with Crippen LogP contribution < -0.4 is 0 Å². The fourth-order valence-corrected chi connectivity index (χ4v) is 1.20. The first-order valence-electron chi connectivity index (χ1n) is 3.62. The van der Waals surface area contributed by atoms with E-state index >= 15 is 0 Å². The monoisotopic (exact) mass is 159 g/mol. The summed E-state index contributed by atoms with van der Waals surface area (Å²) in [4.78, 5) is 0. The molecule has 1 saturated heterocycles. The SMILES string of the molecule is C[B][C@@H]1O[C@H](CO)[C@H](O)[C@@H]1O. The molecule has 1 rings (SSSR count). The molecule has 63 valence electrons. The Morgan fingerprint density at radius 2 is 2.00 bits per heavy atom. The van der Waals surface area contributed by atoms with Crippen LogP contribution in [0.1, 0.15) is 0 Å². The number of rotatable bonds is 2. The third kappa shape index (κ3) is 1.56. The highest BCUT2D eigenvalue weighted by molar-refractivity contribution is 6.35. The van der Waals surface area contributed by atoms with Crippen molar-refractivity contribution in [2.24, 2.45) is 0 Å². The number of hydrogen-bond acceptors (Lipinski definition) is 4. The van der Waals surface area contributed by atoms with Gasteiger partial charge in [-0.15, -0.1) is 0 Å². The molecule has 1 aliphatic rings. The highest BCUT2D eigenvalue weighted by atomic mass is 16.5. The van der Waals surface area contributed by atoms with Gasteiger partial charge < -0.3 is 20.1 Å². The minimum Gasteiger partial charge on any atom is -0.394 e. The Balaban J connectivity index is 2.53. The average molecular weight is 159 g/mol. The minimum absolute atomic E-state index is 0.261. The summed E-state index contributed by atoms with van der Waals surface area (Å²) in [6.45, 7) is 1.48. The molecule has 1 heterocycles. The predicted octanol–water partition coefficient (Wildman–Crippen LogP) is -1.82. The van der Waals surface area contributed by atoms with Gasteiger partial charge >= 0.3 is 0 Å². The van der Waals surface area contributed by atoms with Crippen LogP contribution in [0.15, 0.2) is 0 Å². The van der Waals surface area contributed by atoms with Crippen LogP contribution >= 0.6 is 0 Å². The molecule has 1 radical (unpaired) electrons. The van der Waals surface area contributed by atoms with Gasteiger partial charge in [0.2, 0.25) is 0 Å². The van der Waals surface area contributed by atoms with Crippen molar-refractivity contribution in [3.05, 3.63) is 0 Å². The van der Waals surface area contributed by atoms with E-state index in [1.807, 2.05) is 0 Å². The van der Waals surface area contributed by atoms with Crippen LogP contribution in [0.25, 0.3) is 0 Å². The fourth-order valence-electron chi connectivity index (χ4n) is 1.20. The molecule has 1 fully saturated rings. The zero-order chi connectivity index (χ0) is 8.43. The van der Waals surface area contributed by atoms with Gasteiger partial charge in [-0.25, -0.2) is 0 Å². The molecule has 0 unspecified atom stereocenters. The summed E-state index contributed by atoms with van der Waals surface area (Å²) >= 11 is 0. The van der Waals surface area contributed by atoms with Crippen molar-refractivity contribution in [3.63, 3.8) is 0 Å². The first-order valence-corrected chi connectivity index (χ1v) is 3.62. The average Bonchev–Trinajstić information content (AvgIpc) is 2.30. The van der Waals surface area contributed by atoms with Gasteiger partial charge in [0.15, 0.2) is 0 Å². The molecule has 0 aromatic rings. The largest absolute Gasteiger partial charge is 0.394 e. The molecular formula is C6H12BO4. The Morgan fingerprint density at radius 3 is 2.27 bits per heavy atom. The molecular weight excluding hydrogens is 147 g/mol. The summed E-state index contributed by atoms with van der Waals surface area (Å²) in [5.41, 5.74) is 0. The number of aliphatic hydroxyl groups is 3. The van der Waals surface area contributed by atoms with Gasteiger partial charge in [0.25, 0.3) is 0 Å². The van der Waals surface area contributed by atoms with Gasteiger partial charge in [-0.3, -0.25) is 0 Å². The highest BCUT2D eigenvalue weighted by Gasteiger charge is 2.40. The third-order valence-electron chi connectivity index (χ3n) is 1.91. The van der Waals surface area contributed by atoms with Crippen molar-refractivity contribution in [2.75, 3.05) is 6.61 Å². The number of hydrogen-bond donors (Lipinski definition) is 3. The lowest BCUT2D eigenvalue weighted by atomic mass is 9.72. The zero-order valence-corrected chi connectivity index (χ0v) is 6.34. The van der Waals surface area contributed by atoms with Gasteiger partial charge in [0.05, 0.1) is 12.6 Å². The Hall–Kier alpha value is -0.0951. The van der Waals surface area contributed by atoms with E-state index in [-0.39, 0.29) is 6.61 Å². The topological polar surface area (TPSA) is 69.9 Å². The van der Waals surface area contributed by atoms with Gasteiger partial charge in [-0.05, 0) is 0 Å². The van der Waals surface area contributed by atoms with Crippen LogP contribution in [-0.2, 0) is 4.74 Å². The van der Waals surface area contributed by atoms with E-state index in [1.165, 1.54) is 0 Å². The normalized spacial score (nSPS) is 44.4. The van der Waals surface area contributed by atoms with Crippen LogP contribution in [0.3, 0.4) is 0 Å². The highest BCUT2D eigenvalue weighted by Crippen LogP contribution is 2.19. The standard InChI is InChI=1S/C6H12BO4/c1-7-6-5(10)4(9)3(2-8)11-6/h3-6,8-10H,2H2,1H3/t3-,4+,5+,6-/m1/s1. The van der Waals surface area contributed by atoms with Crippen molar-refractivity contribution < 1.29 is 20.1 Å². The first kappa shape index (κ1) is 9.00. The Bertz CT molecular complexity index is 114. The number of aliphatic hydroxyl groups excluding tert-OH is 3. The lowest BCUT2D eigenvalue weighted by molar-refractivity contribution is -0.00900. The van der Waals surface area contributed by atoms with E-state index in [1.54, 1.807) is 14.1 Å². The molecule has 0 spiro atoms. The van der Waals surface area contributed by atoms with Crippen molar-refractivity contribution in [1.82, 2.24) is 0 Å². The van der Waals surface area contributed by atoms with Crippen LogP contribution in [0, 0.1) is 0 Å². The first-order chi connectivity index (χ1) is 5.20. The molecule has 4 atom stereocenters. The van der Waals surface area contributed by atoms with Crippen LogP contribution in [-0.4, -0.2) is 53.5 Å². The summed E-state index contributed by atoms with van der Waals surface area (Å²) in [7, 11) is 1.66. The molecule has 4 nitrogen and oxygen atoms in total.